The van der Waals surface area contributed by atoms with Crippen LogP contribution in [0.3, 0.4) is 0 Å². The Morgan fingerprint density at radius 2 is 2.00 bits per heavy atom. The van der Waals surface area contributed by atoms with Gasteiger partial charge in [-0.1, -0.05) is 12.1 Å². The molecule has 0 bridgehead atoms. The van der Waals surface area contributed by atoms with Crippen LogP contribution in [-0.4, -0.2) is 29.2 Å². The highest BCUT2D eigenvalue weighted by Crippen LogP contribution is 2.26. The van der Waals surface area contributed by atoms with Crippen molar-refractivity contribution in [3.8, 4) is 0 Å². The van der Waals surface area contributed by atoms with E-state index >= 15 is 0 Å². The van der Waals surface area contributed by atoms with Crippen molar-refractivity contribution in [3.63, 3.8) is 0 Å². The monoisotopic (exact) mass is 203 g/mol. The van der Waals surface area contributed by atoms with Gasteiger partial charge in [-0.3, -0.25) is 0 Å². The highest BCUT2D eigenvalue weighted by atomic mass is 19.1. The van der Waals surface area contributed by atoms with E-state index in [9.17, 15) is 4.39 Å². The van der Waals surface area contributed by atoms with Gasteiger partial charge in [0.25, 0.3) is 0 Å². The molecule has 0 saturated carbocycles. The normalized spacial score (nSPS) is 16.7. The van der Waals surface area contributed by atoms with Crippen LogP contribution in [0.4, 0.5) is 10.2 Å². The number of halogens is 1. The van der Waals surface area contributed by atoms with Crippen LogP contribution in [0, 0.1) is 0 Å². The van der Waals surface area contributed by atoms with Gasteiger partial charge in [-0.25, -0.2) is 14.4 Å². The Hall–Kier alpha value is -1.71. The molecule has 0 N–H and O–H groups in total. The summed E-state index contributed by atoms with van der Waals surface area (Å²) in [6, 6.07) is 7.79. The first-order valence-corrected chi connectivity index (χ1v) is 4.93. The SMILES string of the molecule is FC1CN(c2ncnc3ccccc23)C1. The Morgan fingerprint density at radius 3 is 2.80 bits per heavy atom. The lowest BCUT2D eigenvalue weighted by atomic mass is 10.1. The number of anilines is 1. The molecule has 3 nitrogen and oxygen atoms in total. The van der Waals surface area contributed by atoms with E-state index in [-0.39, 0.29) is 0 Å². The van der Waals surface area contributed by atoms with Gasteiger partial charge < -0.3 is 4.90 Å². The van der Waals surface area contributed by atoms with E-state index in [1.54, 1.807) is 0 Å². The van der Waals surface area contributed by atoms with Crippen molar-refractivity contribution >= 4 is 16.7 Å². The van der Waals surface area contributed by atoms with E-state index in [4.69, 9.17) is 0 Å². The average Bonchev–Trinajstić information content (AvgIpc) is 2.24. The maximum atomic E-state index is 12.8. The van der Waals surface area contributed by atoms with Crippen LogP contribution in [0.1, 0.15) is 0 Å². The number of fused-ring (bicyclic) bond motifs is 1. The molecule has 15 heavy (non-hydrogen) atoms. The lowest BCUT2D eigenvalue weighted by molar-refractivity contribution is 0.274. The standard InChI is InChI=1S/C11H10FN3/c12-8-5-15(6-8)11-9-3-1-2-4-10(9)13-7-14-11/h1-4,7-8H,5-6H2. The highest BCUT2D eigenvalue weighted by molar-refractivity contribution is 5.89. The number of nitrogens with zero attached hydrogens (tertiary/aromatic N) is 3. The Labute approximate surface area is 86.6 Å². The topological polar surface area (TPSA) is 29.0 Å². The van der Waals surface area contributed by atoms with Crippen molar-refractivity contribution in [3.05, 3.63) is 30.6 Å². The maximum absolute atomic E-state index is 12.8. The average molecular weight is 203 g/mol. The number of alkyl halides is 1. The van der Waals surface area contributed by atoms with E-state index in [2.05, 4.69) is 9.97 Å². The summed E-state index contributed by atoms with van der Waals surface area (Å²) in [5, 5.41) is 0.992. The third-order valence-electron chi connectivity index (χ3n) is 2.66. The molecule has 2 aromatic rings. The fraction of sp³-hybridized carbons (Fsp3) is 0.273. The Kier molecular flexibility index (Phi) is 1.80. The van der Waals surface area contributed by atoms with Crippen molar-refractivity contribution in [1.82, 2.24) is 9.97 Å². The Balaban J connectivity index is 2.10. The molecular weight excluding hydrogens is 193 g/mol. The summed E-state index contributed by atoms with van der Waals surface area (Å²) in [4.78, 5) is 10.3. The zero-order chi connectivity index (χ0) is 10.3. The van der Waals surface area contributed by atoms with Gasteiger partial charge in [0, 0.05) is 5.39 Å². The first-order valence-electron chi connectivity index (χ1n) is 4.93. The maximum Gasteiger partial charge on any atom is 0.140 e. The van der Waals surface area contributed by atoms with Gasteiger partial charge in [0.1, 0.15) is 18.3 Å². The molecule has 0 aliphatic carbocycles. The van der Waals surface area contributed by atoms with E-state index in [0.717, 1.165) is 16.7 Å². The van der Waals surface area contributed by atoms with E-state index < -0.39 is 6.17 Å². The molecule has 1 fully saturated rings. The van der Waals surface area contributed by atoms with Gasteiger partial charge in [-0.05, 0) is 12.1 Å². The molecule has 1 aromatic heterocycles. The van der Waals surface area contributed by atoms with Gasteiger partial charge in [-0.15, -0.1) is 0 Å². The lowest BCUT2D eigenvalue weighted by Crippen LogP contribution is -2.48. The molecule has 1 aliphatic rings. The summed E-state index contributed by atoms with van der Waals surface area (Å²) < 4.78 is 12.8. The Bertz CT molecular complexity index is 489. The third kappa shape index (κ3) is 1.33. The fourth-order valence-corrected chi connectivity index (χ4v) is 1.84. The van der Waals surface area contributed by atoms with Crippen LogP contribution in [0.25, 0.3) is 10.9 Å². The van der Waals surface area contributed by atoms with Crippen LogP contribution in [0.15, 0.2) is 30.6 Å². The largest absolute Gasteiger partial charge is 0.350 e. The number of hydrogen-bond donors (Lipinski definition) is 0. The van der Waals surface area contributed by atoms with E-state index in [1.807, 2.05) is 29.2 Å². The molecule has 0 radical (unpaired) electrons. The van der Waals surface area contributed by atoms with Gasteiger partial charge >= 0.3 is 0 Å². The van der Waals surface area contributed by atoms with Gasteiger partial charge in [-0.2, -0.15) is 0 Å². The molecule has 0 unspecified atom stereocenters. The van der Waals surface area contributed by atoms with Gasteiger partial charge in [0.15, 0.2) is 0 Å². The first kappa shape index (κ1) is 8.59. The second kappa shape index (κ2) is 3.15. The minimum atomic E-state index is -0.710. The molecular formula is C11H10FN3. The molecule has 76 valence electrons. The molecule has 1 aromatic carbocycles. The van der Waals surface area contributed by atoms with Crippen LogP contribution in [0.2, 0.25) is 0 Å². The third-order valence-corrected chi connectivity index (χ3v) is 2.66. The van der Waals surface area contributed by atoms with Crippen LogP contribution in [0.5, 0.6) is 0 Å². The van der Waals surface area contributed by atoms with Gasteiger partial charge in [0.05, 0.1) is 18.6 Å². The summed E-state index contributed by atoms with van der Waals surface area (Å²) in [6.07, 6.45) is 0.821. The lowest BCUT2D eigenvalue weighted by Gasteiger charge is -2.35. The van der Waals surface area contributed by atoms with E-state index in [0.29, 0.717) is 13.1 Å². The number of rotatable bonds is 1. The summed E-state index contributed by atoms with van der Waals surface area (Å²) in [5.41, 5.74) is 0.907. The summed E-state index contributed by atoms with van der Waals surface area (Å²) >= 11 is 0. The van der Waals surface area contributed by atoms with Crippen molar-refractivity contribution in [2.75, 3.05) is 18.0 Å². The zero-order valence-electron chi connectivity index (χ0n) is 8.10. The quantitative estimate of drug-likeness (QED) is 0.707. The fourth-order valence-electron chi connectivity index (χ4n) is 1.84. The van der Waals surface area contributed by atoms with E-state index in [1.165, 1.54) is 6.33 Å². The smallest absolute Gasteiger partial charge is 0.140 e. The summed E-state index contributed by atoms with van der Waals surface area (Å²) in [6.45, 7) is 0.891. The number of aromatic nitrogens is 2. The van der Waals surface area contributed by atoms with Crippen LogP contribution >= 0.6 is 0 Å². The molecule has 0 spiro atoms. The van der Waals surface area contributed by atoms with Crippen molar-refractivity contribution in [2.24, 2.45) is 0 Å². The molecule has 0 amide bonds. The number of para-hydroxylation sites is 1. The second-order valence-corrected chi connectivity index (χ2v) is 3.72. The van der Waals surface area contributed by atoms with Crippen molar-refractivity contribution < 1.29 is 4.39 Å². The predicted octanol–water partition coefficient (Wildman–Crippen LogP) is 1.79. The molecule has 3 rings (SSSR count). The summed E-state index contributed by atoms with van der Waals surface area (Å²) in [7, 11) is 0. The minimum Gasteiger partial charge on any atom is -0.350 e. The molecule has 0 atom stereocenters. The molecule has 4 heteroatoms. The number of benzene rings is 1. The highest BCUT2D eigenvalue weighted by Gasteiger charge is 2.28. The molecule has 1 saturated heterocycles. The van der Waals surface area contributed by atoms with Crippen LogP contribution in [-0.2, 0) is 0 Å². The summed E-state index contributed by atoms with van der Waals surface area (Å²) in [5.74, 6) is 0.842. The number of hydrogen-bond acceptors (Lipinski definition) is 3. The molecule has 2 heterocycles. The Morgan fingerprint density at radius 1 is 1.20 bits per heavy atom. The van der Waals surface area contributed by atoms with Crippen LogP contribution < -0.4 is 4.90 Å². The second-order valence-electron chi connectivity index (χ2n) is 3.72. The van der Waals surface area contributed by atoms with Crippen molar-refractivity contribution in [2.45, 2.75) is 6.17 Å². The van der Waals surface area contributed by atoms with Gasteiger partial charge in [0.2, 0.25) is 0 Å². The predicted molar refractivity (Wildman–Crippen MR) is 56.6 cm³/mol. The molecule has 1 aliphatic heterocycles. The zero-order valence-corrected chi connectivity index (χ0v) is 8.10. The first-order chi connectivity index (χ1) is 7.34. The minimum absolute atomic E-state index is 0.445. The van der Waals surface area contributed by atoms with Crippen molar-refractivity contribution in [1.29, 1.82) is 0 Å².